The molecule has 17 heteroatoms. The summed E-state index contributed by atoms with van der Waals surface area (Å²) in [7, 11) is 0. The van der Waals surface area contributed by atoms with Crippen molar-refractivity contribution in [1.29, 1.82) is 0 Å². The van der Waals surface area contributed by atoms with Crippen LogP contribution in [0.25, 0.3) is 23.5 Å². The highest BCUT2D eigenvalue weighted by Crippen LogP contribution is 2.67. The number of hydrazone groups is 1. The molecule has 0 unspecified atom stereocenters. The molecule has 3 amide bonds. The van der Waals surface area contributed by atoms with Crippen LogP contribution < -0.4 is 5.32 Å². The van der Waals surface area contributed by atoms with Gasteiger partial charge in [0.05, 0.1) is 17.2 Å². The molecule has 7 N–H and O–H groups in total. The Labute approximate surface area is 385 Å². The third kappa shape index (κ3) is 9.70. The molecule has 0 radical (unpaired) electrons. The number of aliphatic hydroxyl groups is 3. The summed E-state index contributed by atoms with van der Waals surface area (Å²) >= 11 is 0. The molecule has 1 saturated heterocycles. The van der Waals surface area contributed by atoms with Gasteiger partial charge < -0.3 is 35.1 Å². The lowest BCUT2D eigenvalue weighted by molar-refractivity contribution is -0.384. The molecule has 1 aliphatic heterocycles. The highest BCUT2D eigenvalue weighted by atomic mass is 16.6. The molecule has 350 valence electrons. The summed E-state index contributed by atoms with van der Waals surface area (Å²) in [5, 5.41) is 77.1. The number of nitro benzene ring substituents is 1. The van der Waals surface area contributed by atoms with Crippen LogP contribution in [0.15, 0.2) is 112 Å². The number of hydrogen-bond acceptors (Lipinski definition) is 14. The third-order valence-electron chi connectivity index (χ3n) is 13.9. The van der Waals surface area contributed by atoms with Crippen LogP contribution in [0.5, 0.6) is 17.2 Å². The molecule has 67 heavy (non-hydrogen) atoms. The van der Waals surface area contributed by atoms with E-state index in [4.69, 9.17) is 9.52 Å². The van der Waals surface area contributed by atoms with Gasteiger partial charge in [-0.15, -0.1) is 0 Å². The molecule has 3 aromatic carbocycles. The number of aromatic hydroxyl groups is 3. The number of amides is 3. The number of phenolic OH excluding ortho intramolecular Hbond substituents is 3. The molecule has 5 aliphatic rings. The summed E-state index contributed by atoms with van der Waals surface area (Å²) in [5.74, 6) is 0.655. The SMILES string of the molecule is C[C@H]1C[C@@H]2[C@H]([C@@H](O)C[C@@]3(C)[C@H]2CC[C@]3(O)C(=O)CO)[C@@]2(C)C=CC(=O)C=C12.O=C1CN(N=Cc2ccc(-c3ccc([N+](=O)[O-])cc3)o2)C(=O)N1.Oc1ccc(/C=C/c2cc(O)cc(O)c2)cc1. The number of nitrogens with one attached hydrogen (secondary N) is 1. The van der Waals surface area contributed by atoms with Crippen LogP contribution in [0.1, 0.15) is 63.3 Å². The van der Waals surface area contributed by atoms with Crippen molar-refractivity contribution < 1.29 is 59.2 Å². The predicted molar refractivity (Wildman–Crippen MR) is 245 cm³/mol. The second-order valence-corrected chi connectivity index (χ2v) is 18.1. The van der Waals surface area contributed by atoms with E-state index in [1.807, 2.05) is 19.1 Å². The van der Waals surface area contributed by atoms with Crippen molar-refractivity contribution in [2.45, 2.75) is 58.2 Å². The number of phenols is 3. The highest BCUT2D eigenvalue weighted by molar-refractivity contribution is 6.02. The Balaban J connectivity index is 0.000000153. The largest absolute Gasteiger partial charge is 0.508 e. The number of allylic oxidation sites excluding steroid dienone is 4. The van der Waals surface area contributed by atoms with Gasteiger partial charge in [0.2, 0.25) is 5.91 Å². The number of furan rings is 1. The Morgan fingerprint density at radius 2 is 1.63 bits per heavy atom. The zero-order valence-electron chi connectivity index (χ0n) is 37.0. The van der Waals surface area contributed by atoms with E-state index in [2.05, 4.69) is 24.3 Å². The average molecular weight is 917 g/mol. The van der Waals surface area contributed by atoms with E-state index in [9.17, 15) is 54.8 Å². The van der Waals surface area contributed by atoms with Crippen molar-refractivity contribution in [3.8, 4) is 28.6 Å². The first-order valence-electron chi connectivity index (χ1n) is 21.7. The summed E-state index contributed by atoms with van der Waals surface area (Å²) < 4.78 is 5.53. The van der Waals surface area contributed by atoms with Gasteiger partial charge >= 0.3 is 6.03 Å². The van der Waals surface area contributed by atoms with E-state index >= 15 is 0 Å². The van der Waals surface area contributed by atoms with Crippen molar-refractivity contribution in [2.24, 2.45) is 39.6 Å². The lowest BCUT2D eigenvalue weighted by Gasteiger charge is -2.60. The standard InChI is InChI=1S/C22H30O5.C14H10N4O5.C14H12O3/c1-12-8-14-15-5-7-22(27,18(26)11-23)21(15,3)10-17(25)19(14)20(2)6-4-13(24)9-16(12)20;19-13-8-17(14(20)16-13)15-7-11-5-6-12(23-11)9-1-3-10(4-2-9)18(21)22;15-12-5-3-10(4-6-12)1-2-11-7-13(16)9-14(17)8-11/h4,6,9,12,14-15,17,19,23,25,27H,5,7-8,10-11H2,1-3H3;1-7H,8H2,(H,16,19,20);1-9,15-17H/b;;2-1+/t12-,14-,15-,17-,19+,20-,21-,22-;;/m0../s1. The number of benzene rings is 3. The summed E-state index contributed by atoms with van der Waals surface area (Å²) in [5.41, 5.74) is 0.699. The van der Waals surface area contributed by atoms with Gasteiger partial charge in [0.1, 0.15) is 47.5 Å². The number of carbonyl (C=O) groups excluding carboxylic acids is 4. The molecular weight excluding hydrogens is 865 g/mol. The van der Waals surface area contributed by atoms with Crippen molar-refractivity contribution in [1.82, 2.24) is 10.3 Å². The van der Waals surface area contributed by atoms with Gasteiger partial charge in [0.25, 0.3) is 5.69 Å². The van der Waals surface area contributed by atoms with Crippen LogP contribution in [0.2, 0.25) is 0 Å². The van der Waals surface area contributed by atoms with Crippen LogP contribution in [0, 0.1) is 44.6 Å². The average Bonchev–Trinajstić information content (AvgIpc) is 3.97. The number of rotatable bonds is 8. The van der Waals surface area contributed by atoms with Crippen LogP contribution in [-0.4, -0.2) is 95.1 Å². The fraction of sp³-hybridized carbons (Fsp3) is 0.340. The zero-order chi connectivity index (χ0) is 48.4. The van der Waals surface area contributed by atoms with Gasteiger partial charge in [0, 0.05) is 40.5 Å². The number of carbonyl (C=O) groups is 4. The van der Waals surface area contributed by atoms with E-state index in [0.29, 0.717) is 35.5 Å². The molecule has 8 atom stereocenters. The molecular formula is C50H52N4O13. The Hall–Kier alpha value is -7.21. The molecule has 0 spiro atoms. The van der Waals surface area contributed by atoms with Crippen molar-refractivity contribution in [3.05, 3.63) is 130 Å². The molecule has 17 nitrogen and oxygen atoms in total. The second kappa shape index (κ2) is 18.9. The molecule has 4 aromatic rings. The molecule has 4 aliphatic carbocycles. The second-order valence-electron chi connectivity index (χ2n) is 18.1. The molecule has 0 bridgehead atoms. The Bertz CT molecular complexity index is 2670. The van der Waals surface area contributed by atoms with Gasteiger partial charge in [-0.2, -0.15) is 5.10 Å². The van der Waals surface area contributed by atoms with Crippen LogP contribution in [0.4, 0.5) is 10.5 Å². The number of nitrogens with zero attached hydrogens (tertiary/aromatic N) is 3. The zero-order valence-corrected chi connectivity index (χ0v) is 37.0. The smallest absolute Gasteiger partial charge is 0.344 e. The fourth-order valence-corrected chi connectivity index (χ4v) is 10.8. The number of aliphatic hydroxyl groups excluding tert-OH is 2. The van der Waals surface area contributed by atoms with E-state index in [1.54, 1.807) is 78.9 Å². The van der Waals surface area contributed by atoms with Crippen molar-refractivity contribution in [2.75, 3.05) is 13.2 Å². The first-order chi connectivity index (χ1) is 31.7. The minimum atomic E-state index is -1.57. The quantitative estimate of drug-likeness (QED) is 0.0327. The summed E-state index contributed by atoms with van der Waals surface area (Å²) in [6.45, 7) is 5.35. The van der Waals surface area contributed by atoms with Crippen molar-refractivity contribution >= 4 is 47.6 Å². The van der Waals surface area contributed by atoms with E-state index in [-0.39, 0.29) is 64.4 Å². The van der Waals surface area contributed by atoms with Gasteiger partial charge in [-0.1, -0.05) is 56.7 Å². The van der Waals surface area contributed by atoms with E-state index in [0.717, 1.165) is 29.0 Å². The maximum Gasteiger partial charge on any atom is 0.344 e. The lowest BCUT2D eigenvalue weighted by Crippen LogP contribution is -2.62. The monoisotopic (exact) mass is 916 g/mol. The van der Waals surface area contributed by atoms with Crippen LogP contribution in [0.3, 0.4) is 0 Å². The number of hydrogen-bond donors (Lipinski definition) is 7. The lowest BCUT2D eigenvalue weighted by atomic mass is 9.45. The number of Topliss-reactive ketones (excluding diaryl/α,β-unsaturated/α-hetero) is 1. The first kappa shape index (κ1) is 47.7. The number of imide groups is 1. The Morgan fingerprint density at radius 3 is 2.25 bits per heavy atom. The molecule has 1 aromatic heterocycles. The predicted octanol–water partition coefficient (Wildman–Crippen LogP) is 6.52. The molecule has 3 saturated carbocycles. The molecule has 9 rings (SSSR count). The topological polar surface area (TPSA) is 274 Å². The van der Waals surface area contributed by atoms with E-state index in [1.165, 1.54) is 24.4 Å². The Kier molecular flexibility index (Phi) is 13.5. The Morgan fingerprint density at radius 1 is 0.955 bits per heavy atom. The first-order valence-corrected chi connectivity index (χ1v) is 21.7. The van der Waals surface area contributed by atoms with Gasteiger partial charge in [-0.05, 0) is 115 Å². The van der Waals surface area contributed by atoms with Crippen molar-refractivity contribution in [3.63, 3.8) is 0 Å². The number of urea groups is 1. The molecule has 4 fully saturated rings. The van der Waals surface area contributed by atoms with Gasteiger partial charge in [-0.25, -0.2) is 9.80 Å². The molecule has 2 heterocycles. The fourth-order valence-electron chi connectivity index (χ4n) is 10.8. The third-order valence-corrected chi connectivity index (χ3v) is 13.9. The van der Waals surface area contributed by atoms with E-state index < -0.39 is 46.4 Å². The summed E-state index contributed by atoms with van der Waals surface area (Å²) in [6, 6.07) is 19.8. The number of ketones is 2. The summed E-state index contributed by atoms with van der Waals surface area (Å²) in [6.07, 6.45) is 11.8. The highest BCUT2D eigenvalue weighted by Gasteiger charge is 2.68. The minimum absolute atomic E-state index is 0.00620. The van der Waals surface area contributed by atoms with Crippen LogP contribution >= 0.6 is 0 Å². The number of nitro groups is 1. The minimum Gasteiger partial charge on any atom is -0.508 e. The van der Waals surface area contributed by atoms with Crippen LogP contribution in [-0.2, 0) is 14.4 Å². The number of fused-ring (bicyclic) bond motifs is 5. The maximum absolute atomic E-state index is 12.4. The number of non-ortho nitro benzene ring substituents is 1. The summed E-state index contributed by atoms with van der Waals surface area (Å²) in [4.78, 5) is 56.8. The maximum atomic E-state index is 12.4. The normalized spacial score (nSPS) is 28.4. The van der Waals surface area contributed by atoms with Gasteiger partial charge in [-0.3, -0.25) is 29.8 Å². The van der Waals surface area contributed by atoms with Gasteiger partial charge in [0.15, 0.2) is 11.6 Å².